The van der Waals surface area contributed by atoms with E-state index in [2.05, 4.69) is 32.6 Å². The van der Waals surface area contributed by atoms with E-state index in [0.29, 0.717) is 11.5 Å². The van der Waals surface area contributed by atoms with Crippen molar-refractivity contribution in [2.45, 2.75) is 31.5 Å². The number of nitrogens with two attached hydrogens (primary N) is 1. The van der Waals surface area contributed by atoms with Gasteiger partial charge in [-0.05, 0) is 29.5 Å². The van der Waals surface area contributed by atoms with Gasteiger partial charge >= 0.3 is 0 Å². The predicted octanol–water partition coefficient (Wildman–Crippen LogP) is 0.257. The number of ether oxygens (including phenoxy) is 1. The maximum absolute atomic E-state index is 10.0. The van der Waals surface area contributed by atoms with Crippen LogP contribution in [0.1, 0.15) is 13.2 Å². The summed E-state index contributed by atoms with van der Waals surface area (Å²) < 4.78 is 8.15. The molecule has 1 saturated heterocycles. The lowest BCUT2D eigenvalue weighted by molar-refractivity contribution is -0.0297. The van der Waals surface area contributed by atoms with Crippen LogP contribution in [-0.4, -0.2) is 43.1 Å². The average molecular weight is 376 g/mol. The Kier molecular flexibility index (Phi) is 3.12. The van der Waals surface area contributed by atoms with E-state index in [1.807, 2.05) is 0 Å². The van der Waals surface area contributed by atoms with Gasteiger partial charge < -0.3 is 25.3 Å². The Balaban J connectivity index is 2.14. The van der Waals surface area contributed by atoms with Crippen LogP contribution in [0.2, 0.25) is 0 Å². The van der Waals surface area contributed by atoms with Gasteiger partial charge in [-0.25, -0.2) is 9.97 Å². The summed E-state index contributed by atoms with van der Waals surface area (Å²) in [5, 5.41) is 20.6. The van der Waals surface area contributed by atoms with E-state index in [-0.39, 0.29) is 0 Å². The molecule has 0 radical (unpaired) electrons. The lowest BCUT2D eigenvalue weighted by Gasteiger charge is -2.17. The van der Waals surface area contributed by atoms with Crippen LogP contribution in [0.4, 0.5) is 5.82 Å². The lowest BCUT2D eigenvalue weighted by Crippen LogP contribution is -2.30. The third-order valence-electron chi connectivity index (χ3n) is 3.34. The summed E-state index contributed by atoms with van der Waals surface area (Å²) in [6.45, 7) is 1.72. The number of hydrogen-bond acceptors (Lipinski definition) is 6. The monoisotopic (exact) mass is 376 g/mol. The Hall–Kier alpha value is -0.970. The Morgan fingerprint density at radius 3 is 2.74 bits per heavy atom. The molecule has 0 amide bonds. The number of nitrogens with zero attached hydrogens (tertiary/aromatic N) is 3. The highest BCUT2D eigenvalue weighted by molar-refractivity contribution is 14.1. The molecule has 1 aliphatic heterocycles. The highest BCUT2D eigenvalue weighted by Gasteiger charge is 2.42. The van der Waals surface area contributed by atoms with Gasteiger partial charge in [-0.1, -0.05) is 0 Å². The zero-order valence-electron chi connectivity index (χ0n) is 10.1. The average Bonchev–Trinajstić information content (AvgIpc) is 2.83. The normalized spacial score (nSPS) is 31.2. The molecule has 8 heteroatoms. The Morgan fingerprint density at radius 1 is 1.37 bits per heavy atom. The molecular weight excluding hydrogens is 363 g/mol. The van der Waals surface area contributed by atoms with Crippen LogP contribution in [0.5, 0.6) is 0 Å². The molecule has 19 heavy (non-hydrogen) atoms. The second-order valence-corrected chi connectivity index (χ2v) is 5.72. The van der Waals surface area contributed by atoms with Crippen LogP contribution in [0.15, 0.2) is 12.5 Å². The molecule has 0 aliphatic carbocycles. The number of aliphatic hydroxyl groups is 2. The van der Waals surface area contributed by atoms with E-state index in [9.17, 15) is 10.2 Å². The fourth-order valence-electron chi connectivity index (χ4n) is 2.31. The van der Waals surface area contributed by atoms with Gasteiger partial charge in [-0.3, -0.25) is 0 Å². The summed E-state index contributed by atoms with van der Waals surface area (Å²) in [5.41, 5.74) is 6.42. The first-order valence-corrected chi connectivity index (χ1v) is 6.86. The number of aromatic nitrogens is 3. The van der Waals surface area contributed by atoms with E-state index in [1.165, 1.54) is 6.33 Å². The molecule has 3 rings (SSSR count). The van der Waals surface area contributed by atoms with Gasteiger partial charge in [0, 0.05) is 9.77 Å². The Bertz CT molecular complexity index is 632. The molecule has 2 aromatic heterocycles. The zero-order valence-corrected chi connectivity index (χ0v) is 12.2. The van der Waals surface area contributed by atoms with Gasteiger partial charge in [0.25, 0.3) is 0 Å². The van der Waals surface area contributed by atoms with E-state index in [4.69, 9.17) is 10.5 Å². The van der Waals surface area contributed by atoms with Gasteiger partial charge in [0.05, 0.1) is 11.5 Å². The Morgan fingerprint density at radius 2 is 2.11 bits per heavy atom. The number of fused-ring (bicyclic) bond motifs is 1. The summed E-state index contributed by atoms with van der Waals surface area (Å²) >= 11 is 2.13. The molecule has 4 atom stereocenters. The minimum Gasteiger partial charge on any atom is -0.388 e. The van der Waals surface area contributed by atoms with Crippen LogP contribution < -0.4 is 5.73 Å². The number of rotatable bonds is 1. The van der Waals surface area contributed by atoms with Gasteiger partial charge in [-0.2, -0.15) is 0 Å². The molecule has 0 aromatic carbocycles. The minimum absolute atomic E-state index is 0.384. The smallest absolute Gasteiger partial charge is 0.164 e. The third-order valence-corrected chi connectivity index (χ3v) is 4.16. The highest BCUT2D eigenvalue weighted by atomic mass is 127. The van der Waals surface area contributed by atoms with Gasteiger partial charge in [0.15, 0.2) is 6.23 Å². The summed E-state index contributed by atoms with van der Waals surface area (Å²) in [5.74, 6) is 0.384. The van der Waals surface area contributed by atoms with Crippen molar-refractivity contribution in [2.24, 2.45) is 0 Å². The van der Waals surface area contributed by atoms with E-state index in [1.54, 1.807) is 17.7 Å². The molecule has 102 valence electrons. The maximum atomic E-state index is 10.0. The van der Waals surface area contributed by atoms with Crippen molar-refractivity contribution >= 4 is 39.4 Å². The van der Waals surface area contributed by atoms with Crippen molar-refractivity contribution < 1.29 is 14.9 Å². The van der Waals surface area contributed by atoms with Crippen molar-refractivity contribution in [1.82, 2.24) is 14.5 Å². The molecular formula is C11H13IN4O3. The molecule has 4 N–H and O–H groups in total. The topological polar surface area (TPSA) is 106 Å². The van der Waals surface area contributed by atoms with Crippen LogP contribution in [0, 0.1) is 3.57 Å². The van der Waals surface area contributed by atoms with Gasteiger partial charge in [0.1, 0.15) is 30.0 Å². The first-order valence-electron chi connectivity index (χ1n) is 5.79. The predicted molar refractivity (Wildman–Crippen MR) is 76.3 cm³/mol. The molecule has 0 bridgehead atoms. The molecule has 2 aromatic rings. The van der Waals surface area contributed by atoms with Gasteiger partial charge in [0.2, 0.25) is 0 Å². The summed E-state index contributed by atoms with van der Waals surface area (Å²) in [4.78, 5) is 8.14. The maximum Gasteiger partial charge on any atom is 0.164 e. The SMILES string of the molecule is C[C@@H]1O[C@@H](n2cc(I)c3c(N)ncnc32)[C@H](O)[C@@H]1O. The third kappa shape index (κ3) is 1.90. The van der Waals surface area contributed by atoms with Gasteiger partial charge in [-0.15, -0.1) is 0 Å². The first kappa shape index (κ1) is 13.0. The fourth-order valence-corrected chi connectivity index (χ4v) is 3.13. The summed E-state index contributed by atoms with van der Waals surface area (Å²) in [6, 6.07) is 0. The van der Waals surface area contributed by atoms with Crippen LogP contribution in [-0.2, 0) is 4.74 Å². The largest absolute Gasteiger partial charge is 0.388 e. The molecule has 1 aliphatic rings. The van der Waals surface area contributed by atoms with Crippen molar-refractivity contribution in [3.05, 3.63) is 16.1 Å². The summed E-state index contributed by atoms with van der Waals surface area (Å²) in [7, 11) is 0. The number of anilines is 1. The van der Waals surface area contributed by atoms with Crippen molar-refractivity contribution in [3.8, 4) is 0 Å². The zero-order chi connectivity index (χ0) is 13.7. The van der Waals surface area contributed by atoms with E-state index < -0.39 is 24.5 Å². The lowest BCUT2D eigenvalue weighted by atomic mass is 10.1. The molecule has 0 unspecified atom stereocenters. The standard InChI is InChI=1S/C11H13IN4O3/c1-4-7(17)8(18)11(19-4)16-2-5(12)6-9(13)14-3-15-10(6)16/h2-4,7-8,11,17-18H,1H3,(H2,13,14,15)/t4-,7+,8+,11+/m0/s1. The quantitative estimate of drug-likeness (QED) is 0.617. The number of nitrogen functional groups attached to an aromatic ring is 1. The molecule has 1 fully saturated rings. The highest BCUT2D eigenvalue weighted by Crippen LogP contribution is 2.34. The number of aliphatic hydroxyl groups excluding tert-OH is 2. The van der Waals surface area contributed by atoms with E-state index in [0.717, 1.165) is 8.96 Å². The van der Waals surface area contributed by atoms with Crippen LogP contribution in [0.3, 0.4) is 0 Å². The first-order chi connectivity index (χ1) is 9.00. The molecule has 3 heterocycles. The van der Waals surface area contributed by atoms with Crippen molar-refractivity contribution in [2.75, 3.05) is 5.73 Å². The number of hydrogen-bond donors (Lipinski definition) is 3. The minimum atomic E-state index is -1.00. The molecule has 0 spiro atoms. The Labute approximate surface area is 122 Å². The van der Waals surface area contributed by atoms with Crippen molar-refractivity contribution in [3.63, 3.8) is 0 Å². The van der Waals surface area contributed by atoms with E-state index >= 15 is 0 Å². The number of halogens is 1. The molecule has 7 nitrogen and oxygen atoms in total. The van der Waals surface area contributed by atoms with Crippen LogP contribution >= 0.6 is 22.6 Å². The summed E-state index contributed by atoms with van der Waals surface area (Å²) in [6.07, 6.45) is 0.122. The van der Waals surface area contributed by atoms with Crippen LogP contribution in [0.25, 0.3) is 11.0 Å². The fraction of sp³-hybridized carbons (Fsp3) is 0.455. The molecule has 0 saturated carbocycles. The second kappa shape index (κ2) is 4.54. The van der Waals surface area contributed by atoms with Crippen molar-refractivity contribution in [1.29, 1.82) is 0 Å². The second-order valence-electron chi connectivity index (χ2n) is 4.55.